The molecule has 0 saturated carbocycles. The lowest BCUT2D eigenvalue weighted by Crippen LogP contribution is -2.04. The minimum atomic E-state index is 0.340. The molecule has 1 heterocycles. The van der Waals surface area contributed by atoms with E-state index in [1.54, 1.807) is 12.4 Å². The van der Waals surface area contributed by atoms with E-state index >= 15 is 0 Å². The van der Waals surface area contributed by atoms with Crippen molar-refractivity contribution in [2.45, 2.75) is 12.8 Å². The molecule has 2 rings (SSSR count). The Bertz CT molecular complexity index is 459. The van der Waals surface area contributed by atoms with Crippen LogP contribution >= 0.6 is 0 Å². The van der Waals surface area contributed by atoms with Gasteiger partial charge in [-0.3, -0.25) is 0 Å². The smallest absolute Gasteiger partial charge is 0.257 e. The van der Waals surface area contributed by atoms with Crippen molar-refractivity contribution >= 4 is 5.82 Å². The highest BCUT2D eigenvalue weighted by molar-refractivity contribution is 5.38. The van der Waals surface area contributed by atoms with Crippen molar-refractivity contribution in [3.63, 3.8) is 0 Å². The SMILES string of the molecule is Nc1nccnc1OCCCc1ccccc1. The predicted molar refractivity (Wildman–Crippen MR) is 66.7 cm³/mol. The van der Waals surface area contributed by atoms with Gasteiger partial charge in [0.2, 0.25) is 0 Å². The Morgan fingerprint density at radius 2 is 1.82 bits per heavy atom. The Balaban J connectivity index is 1.76. The molecular formula is C13H15N3O. The van der Waals surface area contributed by atoms with Gasteiger partial charge in [-0.1, -0.05) is 30.3 Å². The second-order valence-corrected chi connectivity index (χ2v) is 3.68. The molecule has 4 nitrogen and oxygen atoms in total. The van der Waals surface area contributed by atoms with E-state index in [0.717, 1.165) is 12.8 Å². The standard InChI is InChI=1S/C13H15N3O/c14-12-13(16-9-8-15-12)17-10-4-7-11-5-2-1-3-6-11/h1-3,5-6,8-9H,4,7,10H2,(H2,14,15). The molecule has 2 N–H and O–H groups in total. The van der Waals surface area contributed by atoms with Crippen LogP contribution in [0, 0.1) is 0 Å². The molecule has 0 atom stereocenters. The fourth-order valence-corrected chi connectivity index (χ4v) is 1.54. The van der Waals surface area contributed by atoms with Gasteiger partial charge in [0, 0.05) is 12.4 Å². The van der Waals surface area contributed by atoms with Gasteiger partial charge in [0.1, 0.15) is 0 Å². The zero-order chi connectivity index (χ0) is 11.9. The average molecular weight is 229 g/mol. The maximum absolute atomic E-state index is 5.62. The van der Waals surface area contributed by atoms with Crippen molar-refractivity contribution < 1.29 is 4.74 Å². The number of aromatic nitrogens is 2. The van der Waals surface area contributed by atoms with Crippen LogP contribution in [0.2, 0.25) is 0 Å². The van der Waals surface area contributed by atoms with Crippen LogP contribution in [0.15, 0.2) is 42.7 Å². The second-order valence-electron chi connectivity index (χ2n) is 3.68. The van der Waals surface area contributed by atoms with Crippen molar-refractivity contribution in [2.24, 2.45) is 0 Å². The van der Waals surface area contributed by atoms with Crippen LogP contribution in [0.25, 0.3) is 0 Å². The van der Waals surface area contributed by atoms with Gasteiger partial charge < -0.3 is 10.5 Å². The molecular weight excluding hydrogens is 214 g/mol. The van der Waals surface area contributed by atoms with Crippen molar-refractivity contribution in [2.75, 3.05) is 12.3 Å². The fraction of sp³-hybridized carbons (Fsp3) is 0.231. The molecule has 0 saturated heterocycles. The van der Waals surface area contributed by atoms with Crippen LogP contribution in [-0.2, 0) is 6.42 Å². The Morgan fingerprint density at radius 3 is 2.59 bits per heavy atom. The highest BCUT2D eigenvalue weighted by Crippen LogP contribution is 2.13. The third-order valence-electron chi connectivity index (χ3n) is 2.38. The first-order chi connectivity index (χ1) is 8.36. The summed E-state index contributed by atoms with van der Waals surface area (Å²) >= 11 is 0. The maximum Gasteiger partial charge on any atom is 0.257 e. The Labute approximate surface area is 100 Å². The highest BCUT2D eigenvalue weighted by Gasteiger charge is 2.01. The van der Waals surface area contributed by atoms with Gasteiger partial charge >= 0.3 is 0 Å². The molecule has 88 valence electrons. The summed E-state index contributed by atoms with van der Waals surface area (Å²) in [6.45, 7) is 0.595. The van der Waals surface area contributed by atoms with Crippen LogP contribution in [0.3, 0.4) is 0 Å². The van der Waals surface area contributed by atoms with E-state index in [0.29, 0.717) is 18.3 Å². The third-order valence-corrected chi connectivity index (χ3v) is 2.38. The second kappa shape index (κ2) is 5.84. The van der Waals surface area contributed by atoms with E-state index in [1.165, 1.54) is 5.56 Å². The molecule has 1 aromatic heterocycles. The molecule has 4 heteroatoms. The molecule has 1 aromatic carbocycles. The minimum absolute atomic E-state index is 0.340. The van der Waals surface area contributed by atoms with Crippen molar-refractivity contribution in [3.05, 3.63) is 48.3 Å². The first-order valence-electron chi connectivity index (χ1n) is 5.59. The van der Waals surface area contributed by atoms with Crippen molar-refractivity contribution in [1.82, 2.24) is 9.97 Å². The lowest BCUT2D eigenvalue weighted by atomic mass is 10.1. The van der Waals surface area contributed by atoms with Crippen molar-refractivity contribution in [3.8, 4) is 5.88 Å². The molecule has 0 aliphatic carbocycles. The maximum atomic E-state index is 5.62. The Morgan fingerprint density at radius 1 is 1.06 bits per heavy atom. The van der Waals surface area contributed by atoms with Crippen LogP contribution in [0.1, 0.15) is 12.0 Å². The minimum Gasteiger partial charge on any atom is -0.475 e. The molecule has 0 bridgehead atoms. The number of hydrogen-bond acceptors (Lipinski definition) is 4. The third kappa shape index (κ3) is 3.45. The number of anilines is 1. The number of nitrogen functional groups attached to an aromatic ring is 1. The topological polar surface area (TPSA) is 61.0 Å². The van der Waals surface area contributed by atoms with Crippen molar-refractivity contribution in [1.29, 1.82) is 0 Å². The van der Waals surface area contributed by atoms with Crippen LogP contribution in [0.5, 0.6) is 5.88 Å². The summed E-state index contributed by atoms with van der Waals surface area (Å²) in [5, 5.41) is 0. The lowest BCUT2D eigenvalue weighted by Gasteiger charge is -2.06. The van der Waals surface area contributed by atoms with Gasteiger partial charge in [0.25, 0.3) is 5.88 Å². The highest BCUT2D eigenvalue weighted by atomic mass is 16.5. The number of nitrogens with two attached hydrogens (primary N) is 1. The summed E-state index contributed by atoms with van der Waals surface area (Å²) in [5.74, 6) is 0.757. The largest absolute Gasteiger partial charge is 0.475 e. The Hall–Kier alpha value is -2.10. The molecule has 17 heavy (non-hydrogen) atoms. The summed E-state index contributed by atoms with van der Waals surface area (Å²) in [4.78, 5) is 7.92. The summed E-state index contributed by atoms with van der Waals surface area (Å²) in [5.41, 5.74) is 6.92. The van der Waals surface area contributed by atoms with Crippen LogP contribution in [-0.4, -0.2) is 16.6 Å². The van der Waals surface area contributed by atoms with Gasteiger partial charge in [0.05, 0.1) is 6.61 Å². The molecule has 0 radical (unpaired) electrons. The number of hydrogen-bond donors (Lipinski definition) is 1. The van der Waals surface area contributed by atoms with Gasteiger partial charge in [-0.15, -0.1) is 0 Å². The van der Waals surface area contributed by atoms with Gasteiger partial charge in [0.15, 0.2) is 5.82 Å². The van der Waals surface area contributed by atoms with E-state index in [2.05, 4.69) is 22.1 Å². The molecule has 0 unspecified atom stereocenters. The zero-order valence-electron chi connectivity index (χ0n) is 9.54. The lowest BCUT2D eigenvalue weighted by molar-refractivity contribution is 0.300. The molecule has 0 aliphatic heterocycles. The predicted octanol–water partition coefficient (Wildman–Crippen LogP) is 2.07. The number of ether oxygens (including phenoxy) is 1. The molecule has 0 amide bonds. The average Bonchev–Trinajstić information content (AvgIpc) is 2.38. The number of rotatable bonds is 5. The van der Waals surface area contributed by atoms with E-state index in [9.17, 15) is 0 Å². The van der Waals surface area contributed by atoms with Gasteiger partial charge in [-0.25, -0.2) is 9.97 Å². The first kappa shape index (κ1) is 11.4. The number of benzene rings is 1. The van der Waals surface area contributed by atoms with E-state index < -0.39 is 0 Å². The van der Waals surface area contributed by atoms with Gasteiger partial charge in [-0.2, -0.15) is 0 Å². The van der Waals surface area contributed by atoms with E-state index in [-0.39, 0.29) is 0 Å². The molecule has 0 aliphatic rings. The van der Waals surface area contributed by atoms with Gasteiger partial charge in [-0.05, 0) is 18.4 Å². The fourth-order valence-electron chi connectivity index (χ4n) is 1.54. The van der Waals surface area contributed by atoms with E-state index in [1.807, 2.05) is 18.2 Å². The van der Waals surface area contributed by atoms with E-state index in [4.69, 9.17) is 10.5 Å². The number of aryl methyl sites for hydroxylation is 1. The quantitative estimate of drug-likeness (QED) is 0.797. The molecule has 0 fully saturated rings. The zero-order valence-corrected chi connectivity index (χ0v) is 9.54. The number of nitrogens with zero attached hydrogens (tertiary/aromatic N) is 2. The van der Waals surface area contributed by atoms with Crippen LogP contribution < -0.4 is 10.5 Å². The molecule has 2 aromatic rings. The van der Waals surface area contributed by atoms with Crippen LogP contribution in [0.4, 0.5) is 5.82 Å². The summed E-state index contributed by atoms with van der Waals surface area (Å²) < 4.78 is 5.46. The molecule has 0 spiro atoms. The summed E-state index contributed by atoms with van der Waals surface area (Å²) in [6, 6.07) is 10.3. The normalized spacial score (nSPS) is 10.1. The summed E-state index contributed by atoms with van der Waals surface area (Å²) in [6.07, 6.45) is 5.04. The monoisotopic (exact) mass is 229 g/mol. The first-order valence-corrected chi connectivity index (χ1v) is 5.59. The Kier molecular flexibility index (Phi) is 3.91. The summed E-state index contributed by atoms with van der Waals surface area (Å²) in [7, 11) is 0.